The Bertz CT molecular complexity index is 1880. The van der Waals surface area contributed by atoms with Gasteiger partial charge in [0, 0.05) is 97.2 Å². The Labute approximate surface area is 289 Å². The first-order chi connectivity index (χ1) is 23.3. The van der Waals surface area contributed by atoms with Crippen molar-refractivity contribution in [1.29, 1.82) is 0 Å². The van der Waals surface area contributed by atoms with Crippen molar-refractivity contribution in [2.24, 2.45) is 0 Å². The van der Waals surface area contributed by atoms with E-state index in [1.54, 1.807) is 9.80 Å². The molecule has 2 saturated heterocycles. The van der Waals surface area contributed by atoms with E-state index in [1.165, 1.54) is 23.5 Å². The van der Waals surface area contributed by atoms with E-state index in [0.29, 0.717) is 18.7 Å². The van der Waals surface area contributed by atoms with Crippen LogP contribution in [0.3, 0.4) is 0 Å². The van der Waals surface area contributed by atoms with Crippen LogP contribution in [0.4, 0.5) is 27.8 Å². The number of aromatic nitrogens is 2. The number of carbonyl (C=O) groups is 1. The molecule has 3 aliphatic heterocycles. The van der Waals surface area contributed by atoms with E-state index < -0.39 is 51.3 Å². The van der Waals surface area contributed by atoms with Crippen molar-refractivity contribution in [3.8, 4) is 11.1 Å². The molecule has 2 aromatic carbocycles. The van der Waals surface area contributed by atoms with Gasteiger partial charge in [0.2, 0.25) is 5.91 Å². The topological polar surface area (TPSA) is 64.9 Å². The maximum absolute atomic E-state index is 15.5. The van der Waals surface area contributed by atoms with Gasteiger partial charge < -0.3 is 9.80 Å². The normalized spacial score (nSPS) is 23.7. The fourth-order valence-corrected chi connectivity index (χ4v) is 9.24. The Morgan fingerprint density at radius 3 is 2.35 bits per heavy atom. The monoisotopic (exact) mass is 722 g/mol. The number of rotatable bonds is 6. The van der Waals surface area contributed by atoms with E-state index in [4.69, 9.17) is 11.6 Å². The maximum atomic E-state index is 15.5. The lowest BCUT2D eigenvalue weighted by molar-refractivity contribution is -0.137. The number of anilines is 1. The number of thioether (sulfide) groups is 1. The smallest absolute Gasteiger partial charge is 0.352 e. The minimum Gasteiger partial charge on any atom is -0.352 e. The molecule has 1 amide bonds. The number of piperazine rings is 2. The van der Waals surface area contributed by atoms with E-state index in [1.807, 2.05) is 13.8 Å². The molecule has 8 nitrogen and oxygen atoms in total. The van der Waals surface area contributed by atoms with Gasteiger partial charge in [0.15, 0.2) is 0 Å². The van der Waals surface area contributed by atoms with E-state index in [2.05, 4.69) is 21.4 Å². The zero-order chi connectivity index (χ0) is 34.9. The SMILES string of the molecule is C=CC(=O)N1[C@H](C)CN(c2nc(=O)n3c4c(c(-c5cc(Cl)c(F)cc5F)c(C(F)(F)F)cc24)SC[C@@H]3CN2CCN(C3CC3)CC2)C[C@@H]1C. The molecule has 1 aromatic heterocycles. The first-order valence-electron chi connectivity index (χ1n) is 16.4. The first-order valence-corrected chi connectivity index (χ1v) is 17.8. The number of hydrogen-bond donors (Lipinski definition) is 0. The molecule has 3 aromatic rings. The van der Waals surface area contributed by atoms with Gasteiger partial charge in [-0.3, -0.25) is 19.2 Å². The second kappa shape index (κ2) is 12.8. The number of alkyl halides is 3. The summed E-state index contributed by atoms with van der Waals surface area (Å²) >= 11 is 7.13. The molecule has 0 bridgehead atoms. The summed E-state index contributed by atoms with van der Waals surface area (Å²) in [7, 11) is 0. The molecular formula is C34H36ClF5N6O2S. The molecule has 0 radical (unpaired) electrons. The second-order valence-electron chi connectivity index (χ2n) is 13.4. The van der Waals surface area contributed by atoms with Crippen LogP contribution < -0.4 is 10.6 Å². The van der Waals surface area contributed by atoms with Gasteiger partial charge in [-0.2, -0.15) is 18.2 Å². The molecule has 0 spiro atoms. The summed E-state index contributed by atoms with van der Waals surface area (Å²) in [6, 6.07) is 1.76. The Morgan fingerprint density at radius 2 is 1.73 bits per heavy atom. The fourth-order valence-electron chi connectivity index (χ4n) is 7.76. The predicted molar refractivity (Wildman–Crippen MR) is 180 cm³/mol. The van der Waals surface area contributed by atoms with Crippen molar-refractivity contribution in [2.75, 3.05) is 56.5 Å². The van der Waals surface area contributed by atoms with Gasteiger partial charge >= 0.3 is 11.9 Å². The number of carbonyl (C=O) groups excluding carboxylic acids is 1. The van der Waals surface area contributed by atoms with Crippen LogP contribution in [0.15, 0.2) is 40.5 Å². The highest BCUT2D eigenvalue weighted by atomic mass is 35.5. The highest BCUT2D eigenvalue weighted by Crippen LogP contribution is 2.51. The van der Waals surface area contributed by atoms with Gasteiger partial charge in [0.05, 0.1) is 22.1 Å². The third kappa shape index (κ3) is 6.23. The largest absolute Gasteiger partial charge is 0.417 e. The van der Waals surface area contributed by atoms with Crippen molar-refractivity contribution < 1.29 is 26.7 Å². The minimum atomic E-state index is -4.96. The molecule has 3 fully saturated rings. The highest BCUT2D eigenvalue weighted by molar-refractivity contribution is 7.99. The predicted octanol–water partition coefficient (Wildman–Crippen LogP) is 6.05. The van der Waals surface area contributed by atoms with Gasteiger partial charge in [-0.1, -0.05) is 18.2 Å². The van der Waals surface area contributed by atoms with E-state index >= 15 is 17.6 Å². The molecule has 262 valence electrons. The fraction of sp³-hybridized carbons (Fsp3) is 0.500. The van der Waals surface area contributed by atoms with E-state index in [9.17, 15) is 14.0 Å². The third-order valence-corrected chi connectivity index (χ3v) is 11.6. The van der Waals surface area contributed by atoms with Crippen molar-refractivity contribution >= 4 is 46.0 Å². The van der Waals surface area contributed by atoms with Crippen LogP contribution in [0.1, 0.15) is 38.3 Å². The number of hydrogen-bond acceptors (Lipinski definition) is 7. The van der Waals surface area contributed by atoms with Crippen LogP contribution in [-0.2, 0) is 11.0 Å². The molecule has 15 heteroatoms. The number of amides is 1. The highest BCUT2D eigenvalue weighted by Gasteiger charge is 2.42. The summed E-state index contributed by atoms with van der Waals surface area (Å²) < 4.78 is 76.3. The summed E-state index contributed by atoms with van der Waals surface area (Å²) in [6.07, 6.45) is -1.32. The van der Waals surface area contributed by atoms with Crippen molar-refractivity contribution in [3.63, 3.8) is 0 Å². The van der Waals surface area contributed by atoms with E-state index in [-0.39, 0.29) is 58.4 Å². The minimum absolute atomic E-state index is 0.0588. The standard InChI is InChI=1S/C34H36ClF5N6O2S/c1-4-28(47)45-18(2)14-44(15-19(45)3)32-23-11-24(34(38,39)40)29(22-12-25(35)27(37)13-26(22)36)31-30(23)46(33(48)41-32)21(17-49-31)16-42-7-9-43(10-8-42)20-5-6-20/h4,11-13,18-21H,1,5-10,14-17H2,2-3H3/t18-,19+,21-/m0/s1. The number of nitrogens with zero attached hydrogens (tertiary/aromatic N) is 6. The molecule has 4 aliphatic rings. The van der Waals surface area contributed by atoms with Gasteiger partial charge in [-0.25, -0.2) is 13.6 Å². The van der Waals surface area contributed by atoms with Gasteiger partial charge in [0.25, 0.3) is 0 Å². The summed E-state index contributed by atoms with van der Waals surface area (Å²) in [4.78, 5) is 39.4. The zero-order valence-electron chi connectivity index (χ0n) is 27.1. The number of halogens is 6. The molecule has 7 rings (SSSR count). The molecule has 1 saturated carbocycles. The number of benzene rings is 2. The average molecular weight is 723 g/mol. The first kappa shape index (κ1) is 34.3. The van der Waals surface area contributed by atoms with Crippen LogP contribution >= 0.6 is 23.4 Å². The lowest BCUT2D eigenvalue weighted by Gasteiger charge is -2.45. The van der Waals surface area contributed by atoms with E-state index in [0.717, 1.165) is 50.1 Å². The molecule has 1 aliphatic carbocycles. The lowest BCUT2D eigenvalue weighted by Crippen LogP contribution is -2.58. The van der Waals surface area contributed by atoms with Gasteiger partial charge in [-0.05, 0) is 44.9 Å². The van der Waals surface area contributed by atoms with Crippen LogP contribution in [0, 0.1) is 11.6 Å². The lowest BCUT2D eigenvalue weighted by atomic mass is 9.95. The van der Waals surface area contributed by atoms with Gasteiger partial charge in [0.1, 0.15) is 17.5 Å². The quantitative estimate of drug-likeness (QED) is 0.175. The Kier molecular flexibility index (Phi) is 8.98. The molecule has 3 atom stereocenters. The Hall–Kier alpha value is -3.20. The molecular weight excluding hydrogens is 687 g/mol. The van der Waals surface area contributed by atoms with Crippen molar-refractivity contribution in [3.05, 3.63) is 63.6 Å². The Morgan fingerprint density at radius 1 is 1.06 bits per heavy atom. The summed E-state index contributed by atoms with van der Waals surface area (Å²) in [5.41, 5.74) is -2.55. The molecule has 4 heterocycles. The van der Waals surface area contributed by atoms with Gasteiger partial charge in [-0.15, -0.1) is 11.8 Å². The zero-order valence-corrected chi connectivity index (χ0v) is 28.6. The third-order valence-electron chi connectivity index (χ3n) is 10.1. The summed E-state index contributed by atoms with van der Waals surface area (Å²) in [5, 5.41) is -0.429. The summed E-state index contributed by atoms with van der Waals surface area (Å²) in [6.45, 7) is 11.5. The van der Waals surface area contributed by atoms with Crippen molar-refractivity contribution in [1.82, 2.24) is 24.3 Å². The Balaban J connectivity index is 1.41. The maximum Gasteiger partial charge on any atom is 0.417 e. The average Bonchev–Trinajstić information content (AvgIpc) is 3.90. The van der Waals surface area contributed by atoms with Crippen LogP contribution in [-0.4, -0.2) is 99.8 Å². The van der Waals surface area contributed by atoms with Crippen molar-refractivity contribution in [2.45, 2.75) is 61.9 Å². The molecule has 0 N–H and O–H groups in total. The van der Waals surface area contributed by atoms with Crippen LogP contribution in [0.2, 0.25) is 5.02 Å². The van der Waals surface area contributed by atoms with Crippen LogP contribution in [0.25, 0.3) is 22.0 Å². The second-order valence-corrected chi connectivity index (χ2v) is 14.9. The molecule has 0 unspecified atom stereocenters. The molecule has 49 heavy (non-hydrogen) atoms. The van der Waals surface area contributed by atoms with Crippen LogP contribution in [0.5, 0.6) is 0 Å². The summed E-state index contributed by atoms with van der Waals surface area (Å²) in [5.74, 6) is -2.26.